The highest BCUT2D eigenvalue weighted by Crippen LogP contribution is 2.10. The van der Waals surface area contributed by atoms with Gasteiger partial charge in [0.1, 0.15) is 0 Å². The van der Waals surface area contributed by atoms with Crippen molar-refractivity contribution in [2.24, 2.45) is 0 Å². The van der Waals surface area contributed by atoms with Crippen molar-refractivity contribution in [3.05, 3.63) is 24.3 Å². The molecule has 0 bridgehead atoms. The second-order valence-corrected chi connectivity index (χ2v) is 2.89. The topological polar surface area (TPSA) is 20.2 Å². The predicted octanol–water partition coefficient (Wildman–Crippen LogP) is 0.378. The molecule has 0 heterocycles. The van der Waals surface area contributed by atoms with E-state index in [9.17, 15) is 0 Å². The molecule has 0 unspecified atom stereocenters. The molecule has 0 spiro atoms. The smallest absolute Gasteiger partial charge is 0.304 e. The first-order valence-corrected chi connectivity index (χ1v) is 4.33. The number of hydrogen-bond acceptors (Lipinski definition) is 2. The van der Waals surface area contributed by atoms with Gasteiger partial charge in [-0.3, -0.25) is 0 Å². The molecule has 0 aliphatic rings. The standard InChI is InChI=1S/C7H9BOS/c1-10-7-4-2-3-6(5-7)8-9/h2-5,8-9H,1H3. The van der Waals surface area contributed by atoms with E-state index in [1.54, 1.807) is 11.8 Å². The minimum absolute atomic E-state index is 0.133. The Morgan fingerprint density at radius 2 is 2.30 bits per heavy atom. The molecular formula is C7H9BOS. The van der Waals surface area contributed by atoms with Gasteiger partial charge in [-0.05, 0) is 12.3 Å². The first-order chi connectivity index (χ1) is 4.86. The maximum atomic E-state index is 8.75. The highest BCUT2D eigenvalue weighted by molar-refractivity contribution is 7.98. The summed E-state index contributed by atoms with van der Waals surface area (Å²) in [6.07, 6.45) is 2.02. The quantitative estimate of drug-likeness (QED) is 0.488. The third kappa shape index (κ3) is 1.79. The molecule has 0 aliphatic carbocycles. The fourth-order valence-corrected chi connectivity index (χ4v) is 1.25. The van der Waals surface area contributed by atoms with Gasteiger partial charge in [-0.1, -0.05) is 23.7 Å². The van der Waals surface area contributed by atoms with Crippen molar-refractivity contribution in [1.29, 1.82) is 0 Å². The molecule has 1 aromatic rings. The summed E-state index contributed by atoms with van der Waals surface area (Å²) in [5, 5.41) is 8.75. The molecule has 3 heteroatoms. The summed E-state index contributed by atoms with van der Waals surface area (Å²) in [4.78, 5) is 1.20. The zero-order valence-corrected chi connectivity index (χ0v) is 6.69. The third-order valence-corrected chi connectivity index (χ3v) is 2.04. The minimum Gasteiger partial charge on any atom is -0.449 e. The summed E-state index contributed by atoms with van der Waals surface area (Å²) in [6, 6.07) is 7.89. The first kappa shape index (κ1) is 7.70. The highest BCUT2D eigenvalue weighted by Gasteiger charge is 1.92. The zero-order valence-electron chi connectivity index (χ0n) is 5.87. The summed E-state index contributed by atoms with van der Waals surface area (Å²) >= 11 is 1.69. The van der Waals surface area contributed by atoms with E-state index in [0.717, 1.165) is 5.46 Å². The molecule has 52 valence electrons. The van der Waals surface area contributed by atoms with E-state index in [1.807, 2.05) is 30.5 Å². The monoisotopic (exact) mass is 152 g/mol. The second-order valence-electron chi connectivity index (χ2n) is 2.01. The van der Waals surface area contributed by atoms with Crippen LogP contribution in [0.25, 0.3) is 0 Å². The molecule has 0 radical (unpaired) electrons. The van der Waals surface area contributed by atoms with Crippen molar-refractivity contribution in [3.63, 3.8) is 0 Å². The van der Waals surface area contributed by atoms with Crippen LogP contribution in [0.2, 0.25) is 0 Å². The van der Waals surface area contributed by atoms with E-state index in [1.165, 1.54) is 4.90 Å². The second kappa shape index (κ2) is 3.69. The van der Waals surface area contributed by atoms with Crippen molar-refractivity contribution in [1.82, 2.24) is 0 Å². The van der Waals surface area contributed by atoms with Gasteiger partial charge in [0.2, 0.25) is 0 Å². The number of rotatable bonds is 2. The zero-order chi connectivity index (χ0) is 7.40. The van der Waals surface area contributed by atoms with Crippen molar-refractivity contribution < 1.29 is 5.02 Å². The van der Waals surface area contributed by atoms with E-state index < -0.39 is 0 Å². The summed E-state index contributed by atoms with van der Waals surface area (Å²) in [7, 11) is 0.133. The van der Waals surface area contributed by atoms with E-state index in [0.29, 0.717) is 0 Å². The van der Waals surface area contributed by atoms with Gasteiger partial charge in [0.25, 0.3) is 0 Å². The maximum Gasteiger partial charge on any atom is 0.304 e. The molecule has 0 saturated heterocycles. The molecule has 0 amide bonds. The number of hydrogen-bond donors (Lipinski definition) is 1. The van der Waals surface area contributed by atoms with Crippen molar-refractivity contribution in [2.45, 2.75) is 4.90 Å². The van der Waals surface area contributed by atoms with Crippen LogP contribution in [-0.2, 0) is 0 Å². The first-order valence-electron chi connectivity index (χ1n) is 3.10. The van der Waals surface area contributed by atoms with Gasteiger partial charge in [0.15, 0.2) is 0 Å². The van der Waals surface area contributed by atoms with Crippen LogP contribution >= 0.6 is 11.8 Å². The Balaban J connectivity index is 2.87. The summed E-state index contributed by atoms with van der Waals surface area (Å²) in [5.74, 6) is 0. The lowest BCUT2D eigenvalue weighted by Gasteiger charge is -1.96. The van der Waals surface area contributed by atoms with Crippen LogP contribution in [-0.4, -0.2) is 18.8 Å². The fraction of sp³-hybridized carbons (Fsp3) is 0.143. The normalized spacial score (nSPS) is 9.40. The fourth-order valence-electron chi connectivity index (χ4n) is 0.771. The Morgan fingerprint density at radius 1 is 1.50 bits per heavy atom. The largest absolute Gasteiger partial charge is 0.449 e. The van der Waals surface area contributed by atoms with Crippen molar-refractivity contribution in [2.75, 3.05) is 6.26 Å². The number of benzene rings is 1. The average molecular weight is 152 g/mol. The predicted molar refractivity (Wildman–Crippen MR) is 47.2 cm³/mol. The molecule has 0 saturated carbocycles. The van der Waals surface area contributed by atoms with Crippen LogP contribution in [0.1, 0.15) is 0 Å². The van der Waals surface area contributed by atoms with Gasteiger partial charge in [0.05, 0.1) is 0 Å². The van der Waals surface area contributed by atoms with Crippen LogP contribution in [0.4, 0.5) is 0 Å². The summed E-state index contributed by atoms with van der Waals surface area (Å²) < 4.78 is 0. The minimum atomic E-state index is 0.133. The average Bonchev–Trinajstić information content (AvgIpc) is 2.05. The van der Waals surface area contributed by atoms with E-state index in [4.69, 9.17) is 5.02 Å². The SMILES string of the molecule is CSc1cccc(BO)c1. The Morgan fingerprint density at radius 3 is 2.90 bits per heavy atom. The van der Waals surface area contributed by atoms with Gasteiger partial charge >= 0.3 is 7.48 Å². The van der Waals surface area contributed by atoms with Crippen molar-refractivity contribution >= 4 is 24.7 Å². The molecule has 0 fully saturated rings. The lowest BCUT2D eigenvalue weighted by atomic mass is 9.89. The molecule has 1 rings (SSSR count). The molecule has 0 aliphatic heterocycles. The Labute approximate surface area is 65.7 Å². The van der Waals surface area contributed by atoms with Gasteiger partial charge < -0.3 is 5.02 Å². The van der Waals surface area contributed by atoms with Crippen LogP contribution in [0.5, 0.6) is 0 Å². The van der Waals surface area contributed by atoms with Crippen LogP contribution in [0, 0.1) is 0 Å². The molecule has 1 nitrogen and oxygen atoms in total. The maximum absolute atomic E-state index is 8.75. The molecule has 0 atom stereocenters. The summed E-state index contributed by atoms with van der Waals surface area (Å²) in [6.45, 7) is 0. The van der Waals surface area contributed by atoms with Gasteiger partial charge in [-0.15, -0.1) is 11.8 Å². The Kier molecular flexibility index (Phi) is 2.84. The van der Waals surface area contributed by atoms with E-state index in [2.05, 4.69) is 0 Å². The molecule has 1 N–H and O–H groups in total. The highest BCUT2D eigenvalue weighted by atomic mass is 32.2. The Bertz CT molecular complexity index is 195. The Hall–Kier alpha value is -0.405. The van der Waals surface area contributed by atoms with Crippen LogP contribution in [0.3, 0.4) is 0 Å². The van der Waals surface area contributed by atoms with Gasteiger partial charge in [-0.2, -0.15) is 0 Å². The molecular weight excluding hydrogens is 143 g/mol. The van der Waals surface area contributed by atoms with Gasteiger partial charge in [0, 0.05) is 4.90 Å². The van der Waals surface area contributed by atoms with E-state index >= 15 is 0 Å². The third-order valence-electron chi connectivity index (χ3n) is 1.32. The van der Waals surface area contributed by atoms with Crippen LogP contribution < -0.4 is 5.46 Å². The molecule has 0 aromatic heterocycles. The lowest BCUT2D eigenvalue weighted by Crippen LogP contribution is -2.12. The molecule has 1 aromatic carbocycles. The van der Waals surface area contributed by atoms with E-state index in [-0.39, 0.29) is 7.48 Å². The van der Waals surface area contributed by atoms with Crippen LogP contribution in [0.15, 0.2) is 29.2 Å². The van der Waals surface area contributed by atoms with Gasteiger partial charge in [-0.25, -0.2) is 0 Å². The summed E-state index contributed by atoms with van der Waals surface area (Å²) in [5.41, 5.74) is 0.979. The van der Waals surface area contributed by atoms with Crippen molar-refractivity contribution in [3.8, 4) is 0 Å². The number of thioether (sulfide) groups is 1. The molecule has 10 heavy (non-hydrogen) atoms. The lowest BCUT2D eigenvalue weighted by molar-refractivity contribution is 0.615.